The highest BCUT2D eigenvalue weighted by Crippen LogP contribution is 2.28. The molecule has 13 heteroatoms. The molecular weight excluding hydrogens is 631 g/mol. The molecule has 2 aromatic heterocycles. The third-order valence-corrected chi connectivity index (χ3v) is 6.92. The molecule has 2 heterocycles. The van der Waals surface area contributed by atoms with Crippen LogP contribution in [-0.2, 0) is 24.6 Å². The zero-order valence-corrected chi connectivity index (χ0v) is 24.1. The third-order valence-electron chi connectivity index (χ3n) is 5.23. The van der Waals surface area contributed by atoms with Crippen LogP contribution in [0.15, 0.2) is 83.8 Å². The van der Waals surface area contributed by atoms with Crippen molar-refractivity contribution in [3.63, 3.8) is 0 Å². The van der Waals surface area contributed by atoms with Crippen molar-refractivity contribution >= 4 is 52.2 Å². The van der Waals surface area contributed by atoms with Gasteiger partial charge in [-0.3, -0.25) is 4.79 Å². The summed E-state index contributed by atoms with van der Waals surface area (Å²) in [4.78, 5) is 12.4. The number of rotatable bonds is 14. The number of hydrogen-bond acceptors (Lipinski definition) is 9. The lowest BCUT2D eigenvalue weighted by Crippen LogP contribution is -2.20. The summed E-state index contributed by atoms with van der Waals surface area (Å²) in [6.07, 6.45) is 6.79. The van der Waals surface area contributed by atoms with Crippen molar-refractivity contribution in [3.05, 3.63) is 88.5 Å². The van der Waals surface area contributed by atoms with E-state index in [0.29, 0.717) is 29.7 Å². The van der Waals surface area contributed by atoms with Crippen LogP contribution in [0.5, 0.6) is 11.5 Å². The molecule has 0 spiro atoms. The number of hydrogen-bond donors (Lipinski definition) is 2. The number of halogens is 1. The smallest absolute Gasteiger partial charge is 0.250 e. The van der Waals surface area contributed by atoms with Crippen LogP contribution in [-0.4, -0.2) is 49.5 Å². The highest BCUT2D eigenvalue weighted by atomic mass is 127. The summed E-state index contributed by atoms with van der Waals surface area (Å²) in [7, 11) is 1.57. The van der Waals surface area contributed by atoms with Gasteiger partial charge in [0.05, 0.1) is 25.6 Å². The third kappa shape index (κ3) is 8.32. The summed E-state index contributed by atoms with van der Waals surface area (Å²) in [5, 5.41) is 20.7. The zero-order chi connectivity index (χ0) is 27.5. The van der Waals surface area contributed by atoms with Gasteiger partial charge in [-0.2, -0.15) is 10.2 Å². The van der Waals surface area contributed by atoms with Crippen LogP contribution in [0.3, 0.4) is 0 Å². The highest BCUT2D eigenvalue weighted by Gasteiger charge is 2.13. The molecule has 202 valence electrons. The first-order valence-electron chi connectivity index (χ1n) is 11.8. The van der Waals surface area contributed by atoms with Gasteiger partial charge in [-0.05, 0) is 76.7 Å². The molecule has 1 amide bonds. The molecule has 11 nitrogen and oxygen atoms in total. The topological polar surface area (TPSA) is 120 Å². The lowest BCUT2D eigenvalue weighted by molar-refractivity contribution is -0.118. The van der Waals surface area contributed by atoms with Crippen LogP contribution < -0.4 is 20.2 Å². The molecule has 0 fully saturated rings. The Morgan fingerprint density at radius 3 is 2.79 bits per heavy atom. The van der Waals surface area contributed by atoms with Crippen LogP contribution in [0, 0.1) is 3.57 Å². The molecule has 0 aliphatic carbocycles. The molecule has 0 radical (unpaired) electrons. The summed E-state index contributed by atoms with van der Waals surface area (Å²) in [6, 6.07) is 15.3. The van der Waals surface area contributed by atoms with Gasteiger partial charge in [-0.15, -0.1) is 16.8 Å². The Morgan fingerprint density at radius 1 is 1.21 bits per heavy atom. The summed E-state index contributed by atoms with van der Waals surface area (Å²) >= 11 is 3.55. The fourth-order valence-corrected chi connectivity index (χ4v) is 4.48. The average Bonchev–Trinajstić information content (AvgIpc) is 3.61. The number of amides is 1. The van der Waals surface area contributed by atoms with Gasteiger partial charge in [-0.25, -0.2) is 10.1 Å². The first-order valence-corrected chi connectivity index (χ1v) is 13.9. The van der Waals surface area contributed by atoms with Crippen molar-refractivity contribution in [1.82, 2.24) is 30.0 Å². The Labute approximate surface area is 243 Å². The number of carbonyl (C=O) groups is 1. The van der Waals surface area contributed by atoms with E-state index in [1.54, 1.807) is 42.4 Å². The van der Waals surface area contributed by atoms with E-state index >= 15 is 0 Å². The molecule has 4 rings (SSSR count). The van der Waals surface area contributed by atoms with Crippen LogP contribution in [0.1, 0.15) is 11.4 Å². The Kier molecular flexibility index (Phi) is 10.4. The minimum absolute atomic E-state index is 0.123. The van der Waals surface area contributed by atoms with Crippen LogP contribution >= 0.6 is 34.4 Å². The van der Waals surface area contributed by atoms with E-state index in [9.17, 15) is 4.79 Å². The maximum atomic E-state index is 12.4. The number of aromatic nitrogens is 5. The number of carbonyl (C=O) groups excluding carboxylic acids is 1. The minimum atomic E-state index is -0.272. The molecule has 0 bridgehead atoms. The fourth-order valence-electron chi connectivity index (χ4n) is 3.36. The number of nitrogens with zero attached hydrogens (tertiary/aromatic N) is 6. The summed E-state index contributed by atoms with van der Waals surface area (Å²) < 4.78 is 15.9. The minimum Gasteiger partial charge on any atom is -0.493 e. The highest BCUT2D eigenvalue weighted by molar-refractivity contribution is 14.1. The summed E-state index contributed by atoms with van der Waals surface area (Å²) in [6.45, 7) is 5.08. The number of methoxy groups -OCH3 is 1. The predicted molar refractivity (Wildman–Crippen MR) is 159 cm³/mol. The molecule has 0 saturated heterocycles. The van der Waals surface area contributed by atoms with E-state index in [-0.39, 0.29) is 18.4 Å². The zero-order valence-electron chi connectivity index (χ0n) is 21.2. The van der Waals surface area contributed by atoms with Crippen molar-refractivity contribution in [2.45, 2.75) is 25.0 Å². The van der Waals surface area contributed by atoms with Crippen molar-refractivity contribution in [3.8, 4) is 11.5 Å². The SMILES string of the molecule is C=CCn1c(CNc2ccc(I)cc2)nnc1SCC(=O)N/N=C/c1ccc(OC)c(OCn2cccn2)c1. The van der Waals surface area contributed by atoms with Gasteiger partial charge in [-0.1, -0.05) is 17.8 Å². The van der Waals surface area contributed by atoms with Crippen LogP contribution in [0.4, 0.5) is 5.69 Å². The molecule has 0 atom stereocenters. The lowest BCUT2D eigenvalue weighted by Gasteiger charge is -2.11. The number of thioether (sulfide) groups is 1. The monoisotopic (exact) mass is 658 g/mol. The molecule has 39 heavy (non-hydrogen) atoms. The first kappa shape index (κ1) is 28.2. The Bertz CT molecular complexity index is 1410. The maximum absolute atomic E-state index is 12.4. The molecular formula is C26H27IN8O3S. The van der Waals surface area contributed by atoms with Crippen molar-refractivity contribution in [1.29, 1.82) is 0 Å². The second-order valence-electron chi connectivity index (χ2n) is 7.97. The second kappa shape index (κ2) is 14.3. The Morgan fingerprint density at radius 2 is 2.05 bits per heavy atom. The van der Waals surface area contributed by atoms with Gasteiger partial charge in [0, 0.05) is 28.2 Å². The van der Waals surface area contributed by atoms with E-state index in [0.717, 1.165) is 17.1 Å². The van der Waals surface area contributed by atoms with E-state index < -0.39 is 0 Å². The average molecular weight is 659 g/mol. The van der Waals surface area contributed by atoms with E-state index in [1.807, 2.05) is 41.0 Å². The van der Waals surface area contributed by atoms with Crippen molar-refractivity contribution in [2.24, 2.45) is 5.10 Å². The van der Waals surface area contributed by atoms with Crippen molar-refractivity contribution in [2.75, 3.05) is 18.2 Å². The number of benzene rings is 2. The molecule has 2 aromatic carbocycles. The summed E-state index contributed by atoms with van der Waals surface area (Å²) in [5.41, 5.74) is 4.27. The van der Waals surface area contributed by atoms with Gasteiger partial charge >= 0.3 is 0 Å². The lowest BCUT2D eigenvalue weighted by atomic mass is 10.2. The van der Waals surface area contributed by atoms with E-state index in [4.69, 9.17) is 9.47 Å². The van der Waals surface area contributed by atoms with Crippen molar-refractivity contribution < 1.29 is 14.3 Å². The molecule has 0 aliphatic heterocycles. The van der Waals surface area contributed by atoms with E-state index in [1.165, 1.54) is 21.5 Å². The van der Waals surface area contributed by atoms with Gasteiger partial charge in [0.2, 0.25) is 0 Å². The van der Waals surface area contributed by atoms with Crippen LogP contribution in [0.25, 0.3) is 0 Å². The number of hydrazone groups is 1. The number of nitrogens with one attached hydrogen (secondary N) is 2. The molecule has 4 aromatic rings. The largest absolute Gasteiger partial charge is 0.493 e. The van der Waals surface area contributed by atoms with Crippen LogP contribution in [0.2, 0.25) is 0 Å². The number of ether oxygens (including phenoxy) is 2. The van der Waals surface area contributed by atoms with Gasteiger partial charge in [0.25, 0.3) is 5.91 Å². The molecule has 0 saturated carbocycles. The molecule has 0 aliphatic rings. The number of anilines is 1. The second-order valence-corrected chi connectivity index (χ2v) is 10.2. The van der Waals surface area contributed by atoms with Gasteiger partial charge < -0.3 is 19.4 Å². The van der Waals surface area contributed by atoms with Gasteiger partial charge in [0.1, 0.15) is 0 Å². The molecule has 2 N–H and O–H groups in total. The Balaban J connectivity index is 1.30. The maximum Gasteiger partial charge on any atom is 0.250 e. The summed E-state index contributed by atoms with van der Waals surface area (Å²) in [5.74, 6) is 1.72. The normalized spacial score (nSPS) is 10.9. The standard InChI is InChI=1S/C26H27IN8O3S/c1-3-12-35-24(16-28-21-8-6-20(27)7-9-21)31-33-26(35)39-17-25(36)32-29-15-19-5-10-22(37-2)23(14-19)38-18-34-13-4-11-30-34/h3-11,13-15,28H,1,12,16-18H2,2H3,(H,32,36)/b29-15+. The van der Waals surface area contributed by atoms with E-state index in [2.05, 4.69) is 60.3 Å². The Hall–Kier alpha value is -3.85. The first-order chi connectivity index (χ1) is 19.1. The quantitative estimate of drug-likeness (QED) is 0.0682. The predicted octanol–water partition coefficient (Wildman–Crippen LogP) is 4.16. The van der Waals surface area contributed by atoms with Gasteiger partial charge in [0.15, 0.2) is 29.2 Å². The number of allylic oxidation sites excluding steroid dienone is 1. The fraction of sp³-hybridized carbons (Fsp3) is 0.192. The molecule has 0 unspecified atom stereocenters.